The van der Waals surface area contributed by atoms with Gasteiger partial charge in [0.25, 0.3) is 5.91 Å². The minimum atomic E-state index is -2.98. The molecule has 0 aliphatic carbocycles. The van der Waals surface area contributed by atoms with Crippen LogP contribution in [0.5, 0.6) is 11.5 Å². The number of nitrogens with zero attached hydrogens (tertiary/aromatic N) is 1. The minimum Gasteiger partial charge on any atom is -0.493 e. The maximum Gasteiger partial charge on any atom is 0.387 e. The number of methoxy groups -OCH3 is 1. The summed E-state index contributed by atoms with van der Waals surface area (Å²) in [7, 11) is 2.89. The largest absolute Gasteiger partial charge is 0.493 e. The average Bonchev–Trinajstić information content (AvgIpc) is 2.70. The van der Waals surface area contributed by atoms with Crippen LogP contribution >= 0.6 is 0 Å². The van der Waals surface area contributed by atoms with Gasteiger partial charge < -0.3 is 19.1 Å². The lowest BCUT2D eigenvalue weighted by molar-refractivity contribution is -0.142. The van der Waals surface area contributed by atoms with Crippen LogP contribution in [0.4, 0.5) is 14.5 Å². The predicted molar refractivity (Wildman–Crippen MR) is 99.5 cm³/mol. The molecule has 0 atom stereocenters. The maximum atomic E-state index is 12.3. The lowest BCUT2D eigenvalue weighted by Crippen LogP contribution is -2.30. The maximum absolute atomic E-state index is 12.3. The van der Waals surface area contributed by atoms with Gasteiger partial charge in [0.05, 0.1) is 7.11 Å². The molecule has 8 heteroatoms. The molecule has 2 rings (SSSR count). The molecule has 0 unspecified atom stereocenters. The van der Waals surface area contributed by atoms with E-state index >= 15 is 0 Å². The molecule has 6 nitrogen and oxygen atoms in total. The standard InChI is InChI=1S/C20H19F2NO5/c1-23(15-6-4-3-5-7-15)18(24)13-27-19(25)11-9-14-8-10-16(28-20(21)22)17(12-14)26-2/h3-12,20H,13H2,1-2H3/b11-9+. The van der Waals surface area contributed by atoms with Gasteiger partial charge in [-0.1, -0.05) is 24.3 Å². The summed E-state index contributed by atoms with van der Waals surface area (Å²) in [5.74, 6) is -1.13. The smallest absolute Gasteiger partial charge is 0.387 e. The van der Waals surface area contributed by atoms with E-state index in [-0.39, 0.29) is 17.4 Å². The van der Waals surface area contributed by atoms with Crippen LogP contribution in [0.15, 0.2) is 54.6 Å². The molecule has 0 saturated carbocycles. The zero-order valence-corrected chi connectivity index (χ0v) is 15.3. The summed E-state index contributed by atoms with van der Waals surface area (Å²) >= 11 is 0. The molecule has 0 spiro atoms. The van der Waals surface area contributed by atoms with E-state index in [1.807, 2.05) is 6.07 Å². The van der Waals surface area contributed by atoms with Crippen LogP contribution in [0, 0.1) is 0 Å². The van der Waals surface area contributed by atoms with Gasteiger partial charge in [0.1, 0.15) is 0 Å². The summed E-state index contributed by atoms with van der Waals surface area (Å²) in [4.78, 5) is 25.3. The van der Waals surface area contributed by atoms with Gasteiger partial charge in [0.15, 0.2) is 18.1 Å². The fourth-order valence-corrected chi connectivity index (χ4v) is 2.22. The van der Waals surface area contributed by atoms with Crippen LogP contribution in [0.1, 0.15) is 5.56 Å². The summed E-state index contributed by atoms with van der Waals surface area (Å²) in [5.41, 5.74) is 1.18. The Labute approximate surface area is 160 Å². The van der Waals surface area contributed by atoms with Gasteiger partial charge >= 0.3 is 12.6 Å². The number of rotatable bonds is 8. The zero-order valence-electron chi connectivity index (χ0n) is 15.3. The first-order valence-corrected chi connectivity index (χ1v) is 8.20. The van der Waals surface area contributed by atoms with Crippen molar-refractivity contribution in [2.45, 2.75) is 6.61 Å². The zero-order chi connectivity index (χ0) is 20.5. The van der Waals surface area contributed by atoms with E-state index in [0.29, 0.717) is 11.3 Å². The predicted octanol–water partition coefficient (Wildman–Crippen LogP) is 3.52. The first kappa shape index (κ1) is 20.9. The van der Waals surface area contributed by atoms with Gasteiger partial charge in [0, 0.05) is 18.8 Å². The van der Waals surface area contributed by atoms with Gasteiger partial charge in [-0.25, -0.2) is 4.79 Å². The van der Waals surface area contributed by atoms with E-state index < -0.39 is 19.2 Å². The molecule has 148 valence electrons. The topological polar surface area (TPSA) is 65.1 Å². The van der Waals surface area contributed by atoms with E-state index in [9.17, 15) is 18.4 Å². The molecule has 2 aromatic rings. The van der Waals surface area contributed by atoms with E-state index in [2.05, 4.69) is 4.74 Å². The van der Waals surface area contributed by atoms with Crippen molar-refractivity contribution in [3.05, 3.63) is 60.2 Å². The SMILES string of the molecule is COc1cc(/C=C/C(=O)OCC(=O)N(C)c2ccccc2)ccc1OC(F)F. The van der Waals surface area contributed by atoms with Gasteiger partial charge in [-0.3, -0.25) is 4.79 Å². The van der Waals surface area contributed by atoms with Crippen molar-refractivity contribution >= 4 is 23.6 Å². The monoisotopic (exact) mass is 391 g/mol. The second-order valence-electron chi connectivity index (χ2n) is 5.52. The van der Waals surface area contributed by atoms with Crippen molar-refractivity contribution in [1.29, 1.82) is 0 Å². The van der Waals surface area contributed by atoms with Crippen molar-refractivity contribution in [3.63, 3.8) is 0 Å². The number of carbonyl (C=O) groups excluding carboxylic acids is 2. The molecule has 0 saturated heterocycles. The Balaban J connectivity index is 1.92. The quantitative estimate of drug-likeness (QED) is 0.509. The molecule has 0 heterocycles. The number of para-hydroxylation sites is 1. The van der Waals surface area contributed by atoms with E-state index in [4.69, 9.17) is 9.47 Å². The lowest BCUT2D eigenvalue weighted by Gasteiger charge is -2.16. The molecule has 0 aliphatic heterocycles. The molecule has 2 aromatic carbocycles. The number of benzene rings is 2. The lowest BCUT2D eigenvalue weighted by atomic mass is 10.2. The Morgan fingerprint density at radius 1 is 1.11 bits per heavy atom. The third-order valence-corrected chi connectivity index (χ3v) is 3.67. The van der Waals surface area contributed by atoms with Crippen LogP contribution in [0.3, 0.4) is 0 Å². The number of carbonyl (C=O) groups is 2. The van der Waals surface area contributed by atoms with Gasteiger partial charge in [-0.05, 0) is 35.9 Å². The van der Waals surface area contributed by atoms with Crippen LogP contribution in [-0.2, 0) is 14.3 Å². The summed E-state index contributed by atoms with van der Waals surface area (Å²) in [5, 5.41) is 0. The fourth-order valence-electron chi connectivity index (χ4n) is 2.22. The minimum absolute atomic E-state index is 0.0930. The second-order valence-corrected chi connectivity index (χ2v) is 5.52. The Morgan fingerprint density at radius 2 is 1.82 bits per heavy atom. The Bertz CT molecular complexity index is 840. The molecule has 1 amide bonds. The molecular formula is C20H19F2NO5. The first-order chi connectivity index (χ1) is 13.4. The van der Waals surface area contributed by atoms with Crippen molar-refractivity contribution in [1.82, 2.24) is 0 Å². The van der Waals surface area contributed by atoms with Gasteiger partial charge in [-0.15, -0.1) is 0 Å². The fraction of sp³-hybridized carbons (Fsp3) is 0.200. The van der Waals surface area contributed by atoms with Crippen molar-refractivity contribution in [3.8, 4) is 11.5 Å². The van der Waals surface area contributed by atoms with Gasteiger partial charge in [0.2, 0.25) is 0 Å². The number of amides is 1. The number of ether oxygens (including phenoxy) is 3. The number of esters is 1. The third kappa shape index (κ3) is 6.08. The number of halogens is 2. The summed E-state index contributed by atoms with van der Waals surface area (Å²) < 4.78 is 38.9. The van der Waals surface area contributed by atoms with Crippen LogP contribution in [0.2, 0.25) is 0 Å². The second kappa shape index (κ2) is 10.1. The summed E-state index contributed by atoms with van der Waals surface area (Å²) in [6.45, 7) is -3.39. The average molecular weight is 391 g/mol. The van der Waals surface area contributed by atoms with Gasteiger partial charge in [-0.2, -0.15) is 8.78 Å². The highest BCUT2D eigenvalue weighted by atomic mass is 19.3. The Kier molecular flexibility index (Phi) is 7.50. The molecule has 0 N–H and O–H groups in total. The molecule has 28 heavy (non-hydrogen) atoms. The number of hydrogen-bond acceptors (Lipinski definition) is 5. The number of alkyl halides is 2. The molecular weight excluding hydrogens is 372 g/mol. The third-order valence-electron chi connectivity index (χ3n) is 3.67. The molecule has 0 bridgehead atoms. The van der Waals surface area contributed by atoms with Crippen LogP contribution in [-0.4, -0.2) is 39.3 Å². The van der Waals surface area contributed by atoms with Crippen molar-refractivity contribution in [2.75, 3.05) is 25.7 Å². The first-order valence-electron chi connectivity index (χ1n) is 8.20. The highest BCUT2D eigenvalue weighted by Gasteiger charge is 2.13. The summed E-state index contributed by atoms with van der Waals surface area (Å²) in [6.07, 6.45) is 2.53. The number of likely N-dealkylation sites (N-methyl/N-ethyl adjacent to an activating group) is 1. The van der Waals surface area contributed by atoms with Crippen LogP contribution in [0.25, 0.3) is 6.08 Å². The van der Waals surface area contributed by atoms with E-state index in [1.165, 1.54) is 36.3 Å². The normalized spacial score (nSPS) is 10.8. The molecule has 0 radical (unpaired) electrons. The summed E-state index contributed by atoms with van der Waals surface area (Å²) in [6, 6.07) is 13.1. The Morgan fingerprint density at radius 3 is 2.46 bits per heavy atom. The molecule has 0 aromatic heterocycles. The molecule has 0 aliphatic rings. The number of hydrogen-bond donors (Lipinski definition) is 0. The Hall–Kier alpha value is -3.42. The molecule has 0 fully saturated rings. The van der Waals surface area contributed by atoms with Crippen LogP contribution < -0.4 is 14.4 Å². The van der Waals surface area contributed by atoms with Crippen molar-refractivity contribution in [2.24, 2.45) is 0 Å². The number of anilines is 1. The highest BCUT2D eigenvalue weighted by Crippen LogP contribution is 2.29. The highest BCUT2D eigenvalue weighted by molar-refractivity contribution is 5.96. The van der Waals surface area contributed by atoms with E-state index in [1.54, 1.807) is 31.3 Å². The van der Waals surface area contributed by atoms with Crippen molar-refractivity contribution < 1.29 is 32.6 Å². The van der Waals surface area contributed by atoms with E-state index in [0.717, 1.165) is 6.08 Å².